The lowest BCUT2D eigenvalue weighted by atomic mass is 9.86. The summed E-state index contributed by atoms with van der Waals surface area (Å²) in [4.78, 5) is 11.8. The molecule has 0 saturated heterocycles. The molecule has 0 N–H and O–H groups in total. The van der Waals surface area contributed by atoms with Crippen LogP contribution < -0.4 is 0 Å². The van der Waals surface area contributed by atoms with E-state index >= 15 is 0 Å². The van der Waals surface area contributed by atoms with Crippen LogP contribution in [-0.4, -0.2) is 5.78 Å². The van der Waals surface area contributed by atoms with Crippen LogP contribution in [0, 0.1) is 11.2 Å². The molecule has 0 radical (unpaired) electrons. The standard InChI is InChI=1S/C11H12BrFO/c1-11(2,3)10(14)8-6-7(13)4-5-9(8)12/h4-6H,1-3H3. The van der Waals surface area contributed by atoms with Gasteiger partial charge in [0.2, 0.25) is 0 Å². The van der Waals surface area contributed by atoms with Gasteiger partial charge in [-0.2, -0.15) is 0 Å². The van der Waals surface area contributed by atoms with Crippen LogP contribution in [0.15, 0.2) is 22.7 Å². The number of hydrogen-bond acceptors (Lipinski definition) is 1. The molecule has 0 spiro atoms. The lowest BCUT2D eigenvalue weighted by Gasteiger charge is -2.17. The molecular formula is C11H12BrFO. The lowest BCUT2D eigenvalue weighted by Crippen LogP contribution is -2.20. The number of carbonyl (C=O) groups excluding carboxylic acids is 1. The first kappa shape index (κ1) is 11.4. The van der Waals surface area contributed by atoms with Gasteiger partial charge in [0.15, 0.2) is 5.78 Å². The molecule has 0 saturated carbocycles. The third-order valence-corrected chi connectivity index (χ3v) is 2.55. The fraction of sp³-hybridized carbons (Fsp3) is 0.364. The molecule has 0 aliphatic carbocycles. The second-order valence-corrected chi connectivity index (χ2v) is 5.06. The highest BCUT2D eigenvalue weighted by atomic mass is 79.9. The van der Waals surface area contributed by atoms with Gasteiger partial charge in [-0.05, 0) is 18.2 Å². The van der Waals surface area contributed by atoms with E-state index in [9.17, 15) is 9.18 Å². The van der Waals surface area contributed by atoms with Crippen molar-refractivity contribution in [3.63, 3.8) is 0 Å². The van der Waals surface area contributed by atoms with E-state index in [1.54, 1.807) is 6.07 Å². The quantitative estimate of drug-likeness (QED) is 0.701. The summed E-state index contributed by atoms with van der Waals surface area (Å²) < 4.78 is 13.6. The minimum atomic E-state index is -0.490. The Balaban J connectivity index is 3.19. The molecule has 1 rings (SSSR count). The summed E-state index contributed by atoms with van der Waals surface area (Å²) in [5.41, 5.74) is -0.0893. The van der Waals surface area contributed by atoms with Gasteiger partial charge in [-0.25, -0.2) is 4.39 Å². The third-order valence-electron chi connectivity index (χ3n) is 1.85. The molecule has 1 aromatic rings. The van der Waals surface area contributed by atoms with E-state index in [4.69, 9.17) is 0 Å². The SMILES string of the molecule is CC(C)(C)C(=O)c1cc(F)ccc1Br. The van der Waals surface area contributed by atoms with Crippen LogP contribution >= 0.6 is 15.9 Å². The average molecular weight is 259 g/mol. The van der Waals surface area contributed by atoms with E-state index < -0.39 is 5.41 Å². The highest BCUT2D eigenvalue weighted by Gasteiger charge is 2.24. The minimum absolute atomic E-state index is 0.0659. The van der Waals surface area contributed by atoms with E-state index in [2.05, 4.69) is 15.9 Å². The Bertz CT molecular complexity index is 366. The summed E-state index contributed by atoms with van der Waals surface area (Å²) in [6.45, 7) is 5.44. The summed E-state index contributed by atoms with van der Waals surface area (Å²) in [5, 5.41) is 0. The van der Waals surface area contributed by atoms with Gasteiger partial charge in [0.1, 0.15) is 5.82 Å². The van der Waals surface area contributed by atoms with E-state index in [-0.39, 0.29) is 11.6 Å². The first-order chi connectivity index (χ1) is 6.32. The van der Waals surface area contributed by atoms with Crippen LogP contribution in [0.3, 0.4) is 0 Å². The van der Waals surface area contributed by atoms with Crippen molar-refractivity contribution >= 4 is 21.7 Å². The van der Waals surface area contributed by atoms with Gasteiger partial charge < -0.3 is 0 Å². The van der Waals surface area contributed by atoms with Gasteiger partial charge in [-0.3, -0.25) is 4.79 Å². The largest absolute Gasteiger partial charge is 0.294 e. The number of rotatable bonds is 1. The second-order valence-electron chi connectivity index (χ2n) is 4.20. The van der Waals surface area contributed by atoms with Crippen molar-refractivity contribution in [1.82, 2.24) is 0 Å². The Hall–Kier alpha value is -0.700. The smallest absolute Gasteiger partial charge is 0.169 e. The molecule has 1 aromatic carbocycles. The Labute approximate surface area is 91.5 Å². The summed E-state index contributed by atoms with van der Waals surface area (Å²) in [7, 11) is 0. The second kappa shape index (κ2) is 3.81. The van der Waals surface area contributed by atoms with Gasteiger partial charge >= 0.3 is 0 Å². The van der Waals surface area contributed by atoms with Crippen LogP contribution in [0.5, 0.6) is 0 Å². The molecule has 3 heteroatoms. The summed E-state index contributed by atoms with van der Waals surface area (Å²) in [6.07, 6.45) is 0. The Morgan fingerprint density at radius 1 is 1.36 bits per heavy atom. The number of hydrogen-bond donors (Lipinski definition) is 0. The van der Waals surface area contributed by atoms with Crippen LogP contribution in [0.2, 0.25) is 0 Å². The van der Waals surface area contributed by atoms with E-state index in [0.29, 0.717) is 10.0 Å². The van der Waals surface area contributed by atoms with Crippen LogP contribution in [-0.2, 0) is 0 Å². The van der Waals surface area contributed by atoms with Crippen LogP contribution in [0.1, 0.15) is 31.1 Å². The highest BCUT2D eigenvalue weighted by molar-refractivity contribution is 9.10. The van der Waals surface area contributed by atoms with Crippen LogP contribution in [0.25, 0.3) is 0 Å². The van der Waals surface area contributed by atoms with Crippen LogP contribution in [0.4, 0.5) is 4.39 Å². The molecule has 1 nitrogen and oxygen atoms in total. The Morgan fingerprint density at radius 3 is 2.43 bits per heavy atom. The summed E-state index contributed by atoms with van der Waals surface area (Å²) in [6, 6.07) is 4.13. The monoisotopic (exact) mass is 258 g/mol. The van der Waals surface area contributed by atoms with Crippen molar-refractivity contribution in [1.29, 1.82) is 0 Å². The van der Waals surface area contributed by atoms with E-state index in [1.165, 1.54) is 12.1 Å². The zero-order valence-corrected chi connectivity index (χ0v) is 9.98. The number of halogens is 2. The Morgan fingerprint density at radius 2 is 1.93 bits per heavy atom. The maximum Gasteiger partial charge on any atom is 0.169 e. The number of ketones is 1. The topological polar surface area (TPSA) is 17.1 Å². The predicted molar refractivity (Wildman–Crippen MR) is 57.9 cm³/mol. The fourth-order valence-corrected chi connectivity index (χ4v) is 1.50. The van der Waals surface area contributed by atoms with Gasteiger partial charge in [0.05, 0.1) is 0 Å². The summed E-state index contributed by atoms with van der Waals surface area (Å²) in [5.74, 6) is -0.454. The van der Waals surface area contributed by atoms with Crippen molar-refractivity contribution in [3.8, 4) is 0 Å². The van der Waals surface area contributed by atoms with E-state index in [1.807, 2.05) is 20.8 Å². The molecule has 0 aliphatic heterocycles. The molecule has 0 amide bonds. The van der Waals surface area contributed by atoms with Crippen molar-refractivity contribution in [2.24, 2.45) is 5.41 Å². The molecule has 0 heterocycles. The number of carbonyl (C=O) groups is 1. The van der Waals surface area contributed by atoms with Gasteiger partial charge in [-0.1, -0.05) is 36.7 Å². The molecule has 76 valence electrons. The van der Waals surface area contributed by atoms with Gasteiger partial charge in [0.25, 0.3) is 0 Å². The fourth-order valence-electron chi connectivity index (χ4n) is 1.08. The normalized spacial score (nSPS) is 11.5. The molecule has 0 bridgehead atoms. The molecule has 0 atom stereocenters. The average Bonchev–Trinajstić information content (AvgIpc) is 2.06. The van der Waals surface area contributed by atoms with Crippen molar-refractivity contribution in [3.05, 3.63) is 34.1 Å². The molecule has 0 unspecified atom stereocenters. The maximum atomic E-state index is 12.9. The molecular weight excluding hydrogens is 247 g/mol. The highest BCUT2D eigenvalue weighted by Crippen LogP contribution is 2.26. The molecule has 0 fully saturated rings. The number of benzene rings is 1. The first-order valence-electron chi connectivity index (χ1n) is 4.32. The Kier molecular flexibility index (Phi) is 3.10. The van der Waals surface area contributed by atoms with Crippen molar-refractivity contribution < 1.29 is 9.18 Å². The zero-order chi connectivity index (χ0) is 10.9. The molecule has 0 aliphatic rings. The molecule has 14 heavy (non-hydrogen) atoms. The molecule has 0 aromatic heterocycles. The van der Waals surface area contributed by atoms with Gasteiger partial charge in [-0.15, -0.1) is 0 Å². The minimum Gasteiger partial charge on any atom is -0.294 e. The van der Waals surface area contributed by atoms with E-state index in [0.717, 1.165) is 0 Å². The van der Waals surface area contributed by atoms with Crippen molar-refractivity contribution in [2.75, 3.05) is 0 Å². The third kappa shape index (κ3) is 2.41. The lowest BCUT2D eigenvalue weighted by molar-refractivity contribution is 0.0857. The summed E-state index contributed by atoms with van der Waals surface area (Å²) >= 11 is 3.24. The van der Waals surface area contributed by atoms with Crippen molar-refractivity contribution in [2.45, 2.75) is 20.8 Å². The maximum absolute atomic E-state index is 12.9. The predicted octanol–water partition coefficient (Wildman–Crippen LogP) is 3.82. The number of Topliss-reactive ketones (excluding diaryl/α,β-unsaturated/α-hetero) is 1. The van der Waals surface area contributed by atoms with Gasteiger partial charge in [0, 0.05) is 15.5 Å². The zero-order valence-electron chi connectivity index (χ0n) is 8.40. The first-order valence-corrected chi connectivity index (χ1v) is 5.11.